The zero-order valence-electron chi connectivity index (χ0n) is 11.9. The largest absolute Gasteiger partial charge is 0.457 e. The Morgan fingerprint density at radius 1 is 1.15 bits per heavy atom. The monoisotopic (exact) mass is 333 g/mol. The number of ether oxygens (including phenoxy) is 1. The Balaban J connectivity index is 2.24. The van der Waals surface area contributed by atoms with Crippen molar-refractivity contribution in [1.29, 1.82) is 0 Å². The summed E-state index contributed by atoms with van der Waals surface area (Å²) in [5.74, 6) is 1.71. The summed E-state index contributed by atoms with van der Waals surface area (Å²) in [5, 5.41) is 0. The van der Waals surface area contributed by atoms with Crippen LogP contribution < -0.4 is 10.5 Å². The van der Waals surface area contributed by atoms with E-state index in [0.717, 1.165) is 34.4 Å². The number of nitrogens with two attached hydrogens (primary N) is 1. The molecule has 2 rings (SSSR count). The molecule has 2 aromatic carbocycles. The van der Waals surface area contributed by atoms with Crippen molar-refractivity contribution in [2.45, 2.75) is 32.7 Å². The maximum absolute atomic E-state index is 6.06. The van der Waals surface area contributed by atoms with Crippen molar-refractivity contribution in [3.05, 3.63) is 58.1 Å². The van der Waals surface area contributed by atoms with Crippen LogP contribution in [0.1, 0.15) is 24.5 Å². The van der Waals surface area contributed by atoms with E-state index in [1.165, 1.54) is 5.56 Å². The molecule has 1 unspecified atom stereocenters. The van der Waals surface area contributed by atoms with Crippen LogP contribution in [0.5, 0.6) is 11.5 Å². The summed E-state index contributed by atoms with van der Waals surface area (Å²) < 4.78 is 7.01. The molecular formula is C17H20BrNO. The van der Waals surface area contributed by atoms with Crippen molar-refractivity contribution in [3.8, 4) is 11.5 Å². The van der Waals surface area contributed by atoms with E-state index in [0.29, 0.717) is 0 Å². The van der Waals surface area contributed by atoms with Crippen molar-refractivity contribution >= 4 is 15.9 Å². The van der Waals surface area contributed by atoms with E-state index in [-0.39, 0.29) is 6.04 Å². The van der Waals surface area contributed by atoms with Crippen LogP contribution in [0.25, 0.3) is 0 Å². The highest BCUT2D eigenvalue weighted by molar-refractivity contribution is 9.10. The van der Waals surface area contributed by atoms with E-state index >= 15 is 0 Å². The Morgan fingerprint density at radius 3 is 2.50 bits per heavy atom. The minimum absolute atomic E-state index is 0.163. The van der Waals surface area contributed by atoms with Gasteiger partial charge in [-0.15, -0.1) is 0 Å². The Kier molecular flexibility index (Phi) is 5.21. The lowest BCUT2D eigenvalue weighted by Gasteiger charge is -2.15. The number of aryl methyl sites for hydroxylation is 1. The number of hydrogen-bond donors (Lipinski definition) is 1. The molecule has 106 valence electrons. The third-order valence-electron chi connectivity index (χ3n) is 3.28. The SMILES string of the molecule is CCC(N)Cc1ccc(Br)cc1Oc1ccc(C)cc1. The lowest BCUT2D eigenvalue weighted by atomic mass is 10.0. The first-order valence-electron chi connectivity index (χ1n) is 6.87. The van der Waals surface area contributed by atoms with Crippen LogP contribution in [-0.4, -0.2) is 6.04 Å². The molecule has 0 spiro atoms. The van der Waals surface area contributed by atoms with Gasteiger partial charge >= 0.3 is 0 Å². The van der Waals surface area contributed by atoms with Crippen LogP contribution in [0, 0.1) is 6.92 Å². The van der Waals surface area contributed by atoms with Crippen molar-refractivity contribution in [3.63, 3.8) is 0 Å². The summed E-state index contributed by atoms with van der Waals surface area (Å²) in [5.41, 5.74) is 8.42. The first-order valence-corrected chi connectivity index (χ1v) is 7.66. The molecule has 20 heavy (non-hydrogen) atoms. The Hall–Kier alpha value is -1.32. The minimum atomic E-state index is 0.163. The number of benzene rings is 2. The molecule has 0 heterocycles. The van der Waals surface area contributed by atoms with Gasteiger partial charge in [0.15, 0.2) is 0 Å². The lowest BCUT2D eigenvalue weighted by molar-refractivity contribution is 0.471. The summed E-state index contributed by atoms with van der Waals surface area (Å²) in [6, 6.07) is 14.3. The zero-order valence-corrected chi connectivity index (χ0v) is 13.5. The molecule has 0 aromatic heterocycles. The number of halogens is 1. The van der Waals surface area contributed by atoms with Gasteiger partial charge in [-0.25, -0.2) is 0 Å². The third kappa shape index (κ3) is 4.09. The molecule has 1 atom stereocenters. The summed E-state index contributed by atoms with van der Waals surface area (Å²) in [6.07, 6.45) is 1.78. The van der Waals surface area contributed by atoms with Crippen LogP contribution in [0.4, 0.5) is 0 Å². The molecule has 0 bridgehead atoms. The van der Waals surface area contributed by atoms with Crippen LogP contribution >= 0.6 is 15.9 Å². The van der Waals surface area contributed by atoms with Crippen molar-refractivity contribution in [2.75, 3.05) is 0 Å². The van der Waals surface area contributed by atoms with E-state index in [4.69, 9.17) is 10.5 Å². The fraction of sp³-hybridized carbons (Fsp3) is 0.294. The molecule has 0 fully saturated rings. The van der Waals surface area contributed by atoms with Gasteiger partial charge in [0, 0.05) is 10.5 Å². The van der Waals surface area contributed by atoms with Gasteiger partial charge in [-0.05, 0) is 49.6 Å². The second-order valence-corrected chi connectivity index (χ2v) is 5.96. The molecule has 0 saturated heterocycles. The predicted octanol–water partition coefficient (Wildman–Crippen LogP) is 4.83. The lowest BCUT2D eigenvalue weighted by Crippen LogP contribution is -2.21. The van der Waals surface area contributed by atoms with E-state index in [1.807, 2.05) is 36.4 Å². The zero-order chi connectivity index (χ0) is 14.5. The number of rotatable bonds is 5. The highest BCUT2D eigenvalue weighted by Crippen LogP contribution is 2.29. The van der Waals surface area contributed by atoms with E-state index in [9.17, 15) is 0 Å². The van der Waals surface area contributed by atoms with E-state index in [2.05, 4.69) is 35.8 Å². The summed E-state index contributed by atoms with van der Waals surface area (Å²) in [6.45, 7) is 4.17. The predicted molar refractivity (Wildman–Crippen MR) is 87.4 cm³/mol. The van der Waals surface area contributed by atoms with Crippen molar-refractivity contribution < 1.29 is 4.74 Å². The fourth-order valence-electron chi connectivity index (χ4n) is 1.95. The van der Waals surface area contributed by atoms with Crippen molar-refractivity contribution in [2.24, 2.45) is 5.73 Å². The highest BCUT2D eigenvalue weighted by Gasteiger charge is 2.09. The van der Waals surface area contributed by atoms with Gasteiger partial charge in [0.05, 0.1) is 0 Å². The smallest absolute Gasteiger partial charge is 0.131 e. The second kappa shape index (κ2) is 6.91. The molecule has 2 aromatic rings. The first-order chi connectivity index (χ1) is 9.58. The summed E-state index contributed by atoms with van der Waals surface area (Å²) in [7, 11) is 0. The van der Waals surface area contributed by atoms with Gasteiger partial charge in [0.1, 0.15) is 11.5 Å². The van der Waals surface area contributed by atoms with Gasteiger partial charge < -0.3 is 10.5 Å². The molecule has 2 N–H and O–H groups in total. The van der Waals surface area contributed by atoms with Crippen molar-refractivity contribution in [1.82, 2.24) is 0 Å². The maximum Gasteiger partial charge on any atom is 0.131 e. The van der Waals surface area contributed by atoms with Gasteiger partial charge in [-0.3, -0.25) is 0 Å². The molecule has 0 aliphatic carbocycles. The quantitative estimate of drug-likeness (QED) is 0.850. The van der Waals surface area contributed by atoms with Crippen LogP contribution in [0.2, 0.25) is 0 Å². The fourth-order valence-corrected chi connectivity index (χ4v) is 2.29. The molecule has 3 heteroatoms. The Bertz CT molecular complexity index is 566. The average Bonchev–Trinajstić information content (AvgIpc) is 2.44. The molecule has 0 radical (unpaired) electrons. The van der Waals surface area contributed by atoms with Gasteiger partial charge in [-0.1, -0.05) is 46.6 Å². The summed E-state index contributed by atoms with van der Waals surface area (Å²) in [4.78, 5) is 0. The van der Waals surface area contributed by atoms with Crippen LogP contribution in [-0.2, 0) is 6.42 Å². The molecule has 2 nitrogen and oxygen atoms in total. The van der Waals surface area contributed by atoms with Gasteiger partial charge in [0.25, 0.3) is 0 Å². The van der Waals surface area contributed by atoms with Gasteiger partial charge in [0.2, 0.25) is 0 Å². The Labute approximate surface area is 129 Å². The Morgan fingerprint density at radius 2 is 1.85 bits per heavy atom. The normalized spacial score (nSPS) is 12.2. The van der Waals surface area contributed by atoms with E-state index in [1.54, 1.807) is 0 Å². The molecular weight excluding hydrogens is 314 g/mol. The molecule has 0 saturated carbocycles. The topological polar surface area (TPSA) is 35.2 Å². The van der Waals surface area contributed by atoms with Gasteiger partial charge in [-0.2, -0.15) is 0 Å². The molecule has 0 amide bonds. The second-order valence-electron chi connectivity index (χ2n) is 5.04. The third-order valence-corrected chi connectivity index (χ3v) is 3.78. The van der Waals surface area contributed by atoms with Crippen LogP contribution in [0.3, 0.4) is 0 Å². The maximum atomic E-state index is 6.06. The standard InChI is InChI=1S/C17H20BrNO/c1-3-15(19)10-13-6-7-14(18)11-17(13)20-16-8-4-12(2)5-9-16/h4-9,11,15H,3,10,19H2,1-2H3. The average molecular weight is 334 g/mol. The number of hydrogen-bond acceptors (Lipinski definition) is 2. The van der Waals surface area contributed by atoms with Crippen LogP contribution in [0.15, 0.2) is 46.9 Å². The highest BCUT2D eigenvalue weighted by atomic mass is 79.9. The molecule has 0 aliphatic heterocycles. The first kappa shape index (κ1) is 15.1. The minimum Gasteiger partial charge on any atom is -0.457 e. The summed E-state index contributed by atoms with van der Waals surface area (Å²) >= 11 is 3.49. The molecule has 0 aliphatic rings. The van der Waals surface area contributed by atoms with E-state index < -0.39 is 0 Å².